The predicted octanol–water partition coefficient (Wildman–Crippen LogP) is 1.73. The Bertz CT molecular complexity index is 786. The van der Waals surface area contributed by atoms with E-state index in [4.69, 9.17) is 0 Å². The number of rotatable bonds is 3. The van der Waals surface area contributed by atoms with E-state index in [1.54, 1.807) is 10.9 Å². The van der Waals surface area contributed by atoms with Crippen molar-refractivity contribution in [3.8, 4) is 0 Å². The molecule has 21 heavy (non-hydrogen) atoms. The van der Waals surface area contributed by atoms with Crippen LogP contribution in [0, 0.1) is 6.92 Å². The van der Waals surface area contributed by atoms with Crippen molar-refractivity contribution in [3.05, 3.63) is 42.1 Å². The maximum Gasteiger partial charge on any atom is 0.102 e. The second-order valence-electron chi connectivity index (χ2n) is 5.50. The summed E-state index contributed by atoms with van der Waals surface area (Å²) in [6.45, 7) is 3.50. The monoisotopic (exact) mass is 286 g/mol. The molecule has 1 aliphatic rings. The molecule has 0 N–H and O–H groups in total. The lowest BCUT2D eigenvalue weighted by molar-refractivity contribution is -0.0746. The summed E-state index contributed by atoms with van der Waals surface area (Å²) in [6.07, 6.45) is 7.67. The number of hydrogen-bond acceptors (Lipinski definition) is 4. The summed E-state index contributed by atoms with van der Waals surface area (Å²) in [5.41, 5.74) is 3.20. The van der Waals surface area contributed by atoms with Crippen molar-refractivity contribution in [2.24, 2.45) is 0 Å². The highest BCUT2D eigenvalue weighted by Gasteiger charge is 2.29. The fourth-order valence-corrected chi connectivity index (χ4v) is 2.76. The van der Waals surface area contributed by atoms with Gasteiger partial charge in [-0.2, -0.15) is 0 Å². The number of nitrogens with zero attached hydrogens (tertiary/aromatic N) is 6. The Morgan fingerprint density at radius 2 is 2.19 bits per heavy atom. The third-order valence-electron chi connectivity index (χ3n) is 3.96. The van der Waals surface area contributed by atoms with Gasteiger partial charge < -0.3 is 4.57 Å². The Hall–Kier alpha value is -2.28. The third kappa shape index (κ3) is 2.09. The molecule has 7 heteroatoms. The zero-order valence-electron chi connectivity index (χ0n) is 11.6. The second kappa shape index (κ2) is 4.63. The molecule has 4 rings (SSSR count). The molecule has 0 aromatic carbocycles. The molecule has 0 atom stereocenters. The summed E-state index contributed by atoms with van der Waals surface area (Å²) >= 11 is 0. The zero-order chi connectivity index (χ0) is 14.4. The normalized spacial score (nSPS) is 16.5. The molecular weight excluding hydrogens is 271 g/mol. The molecule has 0 saturated carbocycles. The molecule has 0 unspecified atom stereocenters. The van der Waals surface area contributed by atoms with Crippen LogP contribution in [0.5, 0.6) is 0 Å². The van der Waals surface area contributed by atoms with Crippen molar-refractivity contribution < 1.29 is 4.48 Å². The van der Waals surface area contributed by atoms with Gasteiger partial charge in [-0.05, 0) is 18.6 Å². The van der Waals surface area contributed by atoms with E-state index >= 15 is 0 Å². The Morgan fingerprint density at radius 3 is 3.00 bits per heavy atom. The average molecular weight is 286 g/mol. The Balaban J connectivity index is 1.60. The van der Waals surface area contributed by atoms with Gasteiger partial charge in [0.1, 0.15) is 5.69 Å². The van der Waals surface area contributed by atoms with Crippen LogP contribution in [0.1, 0.15) is 17.3 Å². The Morgan fingerprint density at radius 1 is 1.33 bits per heavy atom. The van der Waals surface area contributed by atoms with E-state index in [9.17, 15) is 4.48 Å². The molecule has 3 aromatic rings. The van der Waals surface area contributed by atoms with E-state index in [2.05, 4.69) is 33.0 Å². The van der Waals surface area contributed by atoms with Gasteiger partial charge in [-0.3, -0.25) is 4.98 Å². The summed E-state index contributed by atoms with van der Waals surface area (Å²) in [6, 6.07) is 2.10. The predicted molar refractivity (Wildman–Crippen MR) is 75.3 cm³/mol. The molecule has 0 spiro atoms. The fourth-order valence-electron chi connectivity index (χ4n) is 2.76. The van der Waals surface area contributed by atoms with Crippen LogP contribution in [0.4, 0.5) is 4.48 Å². The molecule has 3 aromatic heterocycles. The van der Waals surface area contributed by atoms with Gasteiger partial charge in [0.25, 0.3) is 0 Å². The van der Waals surface area contributed by atoms with E-state index in [0.717, 1.165) is 21.7 Å². The van der Waals surface area contributed by atoms with E-state index < -0.39 is 0 Å². The second-order valence-corrected chi connectivity index (χ2v) is 5.50. The molecule has 4 heterocycles. The van der Waals surface area contributed by atoms with Crippen LogP contribution in [0.25, 0.3) is 10.9 Å². The zero-order valence-corrected chi connectivity index (χ0v) is 11.6. The minimum Gasteiger partial charge on any atom is -0.341 e. The average Bonchev–Trinajstić information content (AvgIpc) is 3.02. The molecule has 0 aliphatic carbocycles. The number of halogens is 1. The first-order chi connectivity index (χ1) is 10.2. The van der Waals surface area contributed by atoms with Gasteiger partial charge in [0.05, 0.1) is 37.4 Å². The van der Waals surface area contributed by atoms with Crippen LogP contribution in [-0.2, 0) is 6.54 Å². The summed E-state index contributed by atoms with van der Waals surface area (Å²) in [5.74, 6) is 0. The molecule has 0 bridgehead atoms. The quantitative estimate of drug-likeness (QED) is 0.688. The van der Waals surface area contributed by atoms with Gasteiger partial charge in [-0.1, -0.05) is 5.21 Å². The minimum atomic E-state index is 0.101. The van der Waals surface area contributed by atoms with Crippen molar-refractivity contribution in [1.29, 1.82) is 0 Å². The highest BCUT2D eigenvalue weighted by molar-refractivity contribution is 5.82. The van der Waals surface area contributed by atoms with Crippen molar-refractivity contribution in [2.75, 3.05) is 13.1 Å². The van der Waals surface area contributed by atoms with Crippen LogP contribution in [0.3, 0.4) is 0 Å². The summed E-state index contributed by atoms with van der Waals surface area (Å²) in [7, 11) is 0. The summed E-state index contributed by atoms with van der Waals surface area (Å²) in [5, 5.41) is 10.2. The van der Waals surface area contributed by atoms with E-state index in [0.29, 0.717) is 19.6 Å². The van der Waals surface area contributed by atoms with Crippen LogP contribution in [0.15, 0.2) is 30.9 Å². The highest BCUT2D eigenvalue weighted by atomic mass is 19.2. The van der Waals surface area contributed by atoms with E-state index in [1.165, 1.54) is 5.56 Å². The van der Waals surface area contributed by atoms with Crippen LogP contribution < -0.4 is 0 Å². The Kier molecular flexibility index (Phi) is 2.75. The molecule has 108 valence electrons. The van der Waals surface area contributed by atoms with Crippen molar-refractivity contribution in [1.82, 2.24) is 29.7 Å². The third-order valence-corrected chi connectivity index (χ3v) is 3.96. The first-order valence-corrected chi connectivity index (χ1v) is 6.91. The van der Waals surface area contributed by atoms with Crippen LogP contribution in [-0.4, -0.2) is 42.8 Å². The summed E-state index contributed by atoms with van der Waals surface area (Å²) in [4.78, 5) is 4.16. The molecule has 6 nitrogen and oxygen atoms in total. The summed E-state index contributed by atoms with van der Waals surface area (Å²) < 4.78 is 16.6. The SMILES string of the molecule is Cc1cn(Cc2cn(C3CN(F)C3)nn2)c2ccncc12. The number of aryl methyl sites for hydroxylation is 1. The smallest absolute Gasteiger partial charge is 0.102 e. The lowest BCUT2D eigenvalue weighted by atomic mass is 10.2. The van der Waals surface area contributed by atoms with E-state index in [1.807, 2.05) is 18.5 Å². The maximum atomic E-state index is 12.7. The number of pyridine rings is 1. The lowest BCUT2D eigenvalue weighted by Gasteiger charge is -2.31. The van der Waals surface area contributed by atoms with Gasteiger partial charge in [0.2, 0.25) is 0 Å². The molecular formula is C14H15FN6. The molecule has 0 amide bonds. The topological polar surface area (TPSA) is 51.8 Å². The molecule has 1 fully saturated rings. The molecule has 1 aliphatic heterocycles. The van der Waals surface area contributed by atoms with Gasteiger partial charge in [-0.15, -0.1) is 14.7 Å². The minimum absolute atomic E-state index is 0.101. The van der Waals surface area contributed by atoms with Gasteiger partial charge >= 0.3 is 0 Å². The van der Waals surface area contributed by atoms with Gasteiger partial charge in [0, 0.05) is 24.0 Å². The van der Waals surface area contributed by atoms with Crippen LogP contribution >= 0.6 is 0 Å². The standard InChI is InChI=1S/C14H15FN6/c1-10-5-19(14-2-3-16-4-13(10)14)6-11-7-21(18-17-11)12-8-20(15)9-12/h2-5,7,12H,6,8-9H2,1H3. The van der Waals surface area contributed by atoms with E-state index in [-0.39, 0.29) is 6.04 Å². The maximum absolute atomic E-state index is 12.7. The number of fused-ring (bicyclic) bond motifs is 1. The van der Waals surface area contributed by atoms with Gasteiger partial charge in [0.15, 0.2) is 0 Å². The lowest BCUT2D eigenvalue weighted by Crippen LogP contribution is -2.42. The highest BCUT2D eigenvalue weighted by Crippen LogP contribution is 2.22. The van der Waals surface area contributed by atoms with Crippen molar-refractivity contribution >= 4 is 10.9 Å². The Labute approximate surface area is 120 Å². The number of aromatic nitrogens is 5. The number of hydrogen-bond donors (Lipinski definition) is 0. The largest absolute Gasteiger partial charge is 0.341 e. The molecule has 0 radical (unpaired) electrons. The van der Waals surface area contributed by atoms with Crippen molar-refractivity contribution in [2.45, 2.75) is 19.5 Å². The van der Waals surface area contributed by atoms with Crippen LogP contribution in [0.2, 0.25) is 0 Å². The first kappa shape index (κ1) is 12.5. The van der Waals surface area contributed by atoms with Crippen molar-refractivity contribution in [3.63, 3.8) is 0 Å². The first-order valence-electron chi connectivity index (χ1n) is 6.91. The molecule has 1 saturated heterocycles. The fraction of sp³-hybridized carbons (Fsp3) is 0.357. The van der Waals surface area contributed by atoms with Gasteiger partial charge in [-0.25, -0.2) is 4.68 Å².